The van der Waals surface area contributed by atoms with Crippen LogP contribution < -0.4 is 4.90 Å². The molecule has 0 aliphatic carbocycles. The van der Waals surface area contributed by atoms with Gasteiger partial charge in [-0.1, -0.05) is 28.1 Å². The van der Waals surface area contributed by atoms with Gasteiger partial charge in [0.1, 0.15) is 0 Å². The third kappa shape index (κ3) is 6.13. The second-order valence-corrected chi connectivity index (χ2v) is 13.7. The molecule has 0 radical (unpaired) electrons. The van der Waals surface area contributed by atoms with Crippen molar-refractivity contribution in [1.29, 1.82) is 0 Å². The SMILES string of the molecule is CN(C)c1ccc(CN(C(=O)c2ccc(S(=O)(=O)c3ccc(Br)cc3)o2)C2CCS(=O)(=O)C2)cc1.Cl. The van der Waals surface area contributed by atoms with Crippen molar-refractivity contribution in [2.24, 2.45) is 0 Å². The van der Waals surface area contributed by atoms with Crippen molar-refractivity contribution in [2.45, 2.75) is 29.0 Å². The summed E-state index contributed by atoms with van der Waals surface area (Å²) in [6.45, 7) is 0.169. The molecule has 2 heterocycles. The summed E-state index contributed by atoms with van der Waals surface area (Å²) in [5, 5.41) is -0.350. The monoisotopic (exact) mass is 616 g/mol. The minimum atomic E-state index is -3.96. The molecule has 194 valence electrons. The van der Waals surface area contributed by atoms with Gasteiger partial charge in [0, 0.05) is 36.8 Å². The fourth-order valence-corrected chi connectivity index (χ4v) is 7.10. The van der Waals surface area contributed by atoms with Crippen LogP contribution in [-0.2, 0) is 26.2 Å². The third-order valence-corrected chi connectivity index (χ3v) is 9.82. The number of hydrogen-bond acceptors (Lipinski definition) is 7. The molecule has 12 heteroatoms. The van der Waals surface area contributed by atoms with Gasteiger partial charge in [0.15, 0.2) is 15.6 Å². The number of benzene rings is 2. The highest BCUT2D eigenvalue weighted by molar-refractivity contribution is 9.10. The van der Waals surface area contributed by atoms with Crippen LogP contribution >= 0.6 is 28.3 Å². The molecular formula is C24H26BrClN2O6S2. The van der Waals surface area contributed by atoms with E-state index in [9.17, 15) is 21.6 Å². The minimum absolute atomic E-state index is 0. The van der Waals surface area contributed by atoms with Gasteiger partial charge in [-0.2, -0.15) is 0 Å². The second kappa shape index (κ2) is 11.0. The number of carbonyl (C=O) groups excluding carboxylic acids is 1. The van der Waals surface area contributed by atoms with E-state index in [1.807, 2.05) is 43.3 Å². The van der Waals surface area contributed by atoms with E-state index in [1.165, 1.54) is 29.2 Å². The van der Waals surface area contributed by atoms with Gasteiger partial charge in [-0.25, -0.2) is 16.8 Å². The van der Waals surface area contributed by atoms with Gasteiger partial charge >= 0.3 is 0 Å². The predicted octanol–water partition coefficient (Wildman–Crippen LogP) is 4.19. The topological polar surface area (TPSA) is 105 Å². The first-order chi connectivity index (χ1) is 16.5. The lowest BCUT2D eigenvalue weighted by Crippen LogP contribution is -2.40. The van der Waals surface area contributed by atoms with Gasteiger partial charge in [0.05, 0.1) is 16.4 Å². The normalized spacial score (nSPS) is 16.8. The highest BCUT2D eigenvalue weighted by Crippen LogP contribution is 2.27. The zero-order chi connectivity index (χ0) is 25.4. The van der Waals surface area contributed by atoms with Crippen LogP contribution in [0.4, 0.5) is 5.69 Å². The van der Waals surface area contributed by atoms with Gasteiger partial charge < -0.3 is 14.2 Å². The Labute approximate surface area is 225 Å². The lowest BCUT2D eigenvalue weighted by atomic mass is 10.1. The Kier molecular flexibility index (Phi) is 8.59. The summed E-state index contributed by atoms with van der Waals surface area (Å²) < 4.78 is 56.5. The third-order valence-electron chi connectivity index (χ3n) is 5.90. The fourth-order valence-electron chi connectivity index (χ4n) is 3.94. The smallest absolute Gasteiger partial charge is 0.290 e. The average Bonchev–Trinajstić information content (AvgIpc) is 3.45. The van der Waals surface area contributed by atoms with E-state index in [1.54, 1.807) is 12.1 Å². The van der Waals surface area contributed by atoms with E-state index in [0.717, 1.165) is 15.7 Å². The molecule has 1 fully saturated rings. The Balaban J connectivity index is 0.00000361. The summed E-state index contributed by atoms with van der Waals surface area (Å²) in [6.07, 6.45) is 0.314. The number of furan rings is 1. The number of hydrogen-bond donors (Lipinski definition) is 0. The predicted molar refractivity (Wildman–Crippen MR) is 143 cm³/mol. The Bertz CT molecular complexity index is 1440. The molecule has 1 aromatic heterocycles. The number of anilines is 1. The maximum atomic E-state index is 13.5. The molecule has 0 N–H and O–H groups in total. The Morgan fingerprint density at radius 2 is 1.67 bits per heavy atom. The van der Waals surface area contributed by atoms with Crippen molar-refractivity contribution in [3.63, 3.8) is 0 Å². The van der Waals surface area contributed by atoms with E-state index in [-0.39, 0.29) is 46.2 Å². The number of amides is 1. The van der Waals surface area contributed by atoms with Crippen LogP contribution in [0.25, 0.3) is 0 Å². The Morgan fingerprint density at radius 3 is 2.22 bits per heavy atom. The summed E-state index contributed by atoms with van der Waals surface area (Å²) in [7, 11) is -3.37. The molecule has 1 aliphatic rings. The molecule has 0 bridgehead atoms. The molecule has 1 saturated heterocycles. The van der Waals surface area contributed by atoms with E-state index in [0.29, 0.717) is 6.42 Å². The molecule has 1 atom stereocenters. The van der Waals surface area contributed by atoms with Crippen molar-refractivity contribution in [1.82, 2.24) is 4.90 Å². The number of sulfone groups is 2. The fraction of sp³-hybridized carbons (Fsp3) is 0.292. The molecule has 1 aliphatic heterocycles. The molecule has 1 unspecified atom stereocenters. The summed E-state index contributed by atoms with van der Waals surface area (Å²) in [6, 6.07) is 15.7. The van der Waals surface area contributed by atoms with E-state index >= 15 is 0 Å². The van der Waals surface area contributed by atoms with Gasteiger partial charge in [-0.3, -0.25) is 4.79 Å². The van der Waals surface area contributed by atoms with Gasteiger partial charge in [0.2, 0.25) is 14.9 Å². The molecule has 1 amide bonds. The van der Waals surface area contributed by atoms with Crippen molar-refractivity contribution in [3.05, 3.63) is 76.5 Å². The van der Waals surface area contributed by atoms with E-state index in [2.05, 4.69) is 15.9 Å². The number of carbonyl (C=O) groups is 1. The standard InChI is InChI=1S/C24H25BrN2O6S2.ClH/c1-26(2)19-7-3-17(4-8-19)15-27(20-13-14-34(29,30)16-20)24(28)22-11-12-23(33-22)35(31,32)21-9-5-18(25)6-10-21;/h3-12,20H,13-16H2,1-2H3;1H. The maximum Gasteiger partial charge on any atom is 0.290 e. The molecule has 0 spiro atoms. The summed E-state index contributed by atoms with van der Waals surface area (Å²) in [5.74, 6) is -0.849. The quantitative estimate of drug-likeness (QED) is 0.392. The molecule has 4 rings (SSSR count). The maximum absolute atomic E-state index is 13.5. The number of nitrogens with zero attached hydrogens (tertiary/aromatic N) is 2. The number of rotatable bonds is 7. The lowest BCUT2D eigenvalue weighted by molar-refractivity contribution is 0.0642. The molecule has 36 heavy (non-hydrogen) atoms. The van der Waals surface area contributed by atoms with Crippen molar-refractivity contribution < 1.29 is 26.0 Å². The molecular weight excluding hydrogens is 592 g/mol. The zero-order valence-corrected chi connectivity index (χ0v) is 23.7. The molecule has 2 aromatic carbocycles. The largest absolute Gasteiger partial charge is 0.439 e. The van der Waals surface area contributed by atoms with Gasteiger partial charge in [-0.05, 0) is 60.5 Å². The summed E-state index contributed by atoms with van der Waals surface area (Å²) >= 11 is 3.27. The van der Waals surface area contributed by atoms with Gasteiger partial charge in [-0.15, -0.1) is 12.4 Å². The molecule has 3 aromatic rings. The summed E-state index contributed by atoms with van der Waals surface area (Å²) in [5.41, 5.74) is 1.81. The highest BCUT2D eigenvalue weighted by atomic mass is 79.9. The van der Waals surface area contributed by atoms with Crippen molar-refractivity contribution in [2.75, 3.05) is 30.5 Å². The van der Waals surface area contributed by atoms with Gasteiger partial charge in [0.25, 0.3) is 5.91 Å². The first kappa shape index (κ1) is 28.2. The van der Waals surface area contributed by atoms with Crippen LogP contribution in [-0.4, -0.2) is 59.3 Å². The van der Waals surface area contributed by atoms with Crippen molar-refractivity contribution >= 4 is 59.6 Å². The van der Waals surface area contributed by atoms with Crippen LogP contribution in [0.5, 0.6) is 0 Å². The summed E-state index contributed by atoms with van der Waals surface area (Å²) in [4.78, 5) is 16.9. The van der Waals surface area contributed by atoms with Crippen LogP contribution in [0, 0.1) is 0 Å². The number of halogens is 2. The first-order valence-corrected chi connectivity index (χ1v) is 14.9. The van der Waals surface area contributed by atoms with Crippen LogP contribution in [0.3, 0.4) is 0 Å². The lowest BCUT2D eigenvalue weighted by Gasteiger charge is -2.28. The molecule has 0 saturated carbocycles. The average molecular weight is 618 g/mol. The second-order valence-electron chi connectivity index (χ2n) is 8.63. The van der Waals surface area contributed by atoms with E-state index in [4.69, 9.17) is 4.42 Å². The van der Waals surface area contributed by atoms with Crippen LogP contribution in [0.2, 0.25) is 0 Å². The van der Waals surface area contributed by atoms with Crippen LogP contribution in [0.15, 0.2) is 79.5 Å². The van der Waals surface area contributed by atoms with Crippen LogP contribution in [0.1, 0.15) is 22.5 Å². The Morgan fingerprint density at radius 1 is 1.03 bits per heavy atom. The zero-order valence-electron chi connectivity index (χ0n) is 19.6. The first-order valence-electron chi connectivity index (χ1n) is 10.8. The highest BCUT2D eigenvalue weighted by Gasteiger charge is 2.36. The van der Waals surface area contributed by atoms with E-state index < -0.39 is 31.6 Å². The van der Waals surface area contributed by atoms with Crippen molar-refractivity contribution in [3.8, 4) is 0 Å². The molecule has 8 nitrogen and oxygen atoms in total. The Hall–Kier alpha value is -2.34. The minimum Gasteiger partial charge on any atom is -0.439 e.